The number of aromatic nitrogens is 2. The normalized spacial score (nSPS) is 11.6. The van der Waals surface area contributed by atoms with Gasteiger partial charge in [-0.1, -0.05) is 48.5 Å². The lowest BCUT2D eigenvalue weighted by molar-refractivity contribution is -0.384. The summed E-state index contributed by atoms with van der Waals surface area (Å²) >= 11 is 0. The first-order valence-electron chi connectivity index (χ1n) is 9.93. The van der Waals surface area contributed by atoms with Gasteiger partial charge in [-0.15, -0.1) is 0 Å². The van der Waals surface area contributed by atoms with Gasteiger partial charge in [0, 0.05) is 45.3 Å². The van der Waals surface area contributed by atoms with Gasteiger partial charge in [-0.3, -0.25) is 10.1 Å². The van der Waals surface area contributed by atoms with E-state index in [-0.39, 0.29) is 16.5 Å². The lowest BCUT2D eigenvalue weighted by atomic mass is 9.88. The first-order valence-corrected chi connectivity index (χ1v) is 9.93. The molecule has 148 valence electrons. The number of non-ortho nitro benzene ring substituents is 1. The Kier molecular flexibility index (Phi) is 4.17. The first kappa shape index (κ1) is 18.2. The summed E-state index contributed by atoms with van der Waals surface area (Å²) < 4.78 is 0. The molecule has 2 N–H and O–H groups in total. The van der Waals surface area contributed by atoms with E-state index in [0.29, 0.717) is 0 Å². The number of hydrogen-bond donors (Lipinski definition) is 2. The minimum Gasteiger partial charge on any atom is -0.357 e. The fourth-order valence-electron chi connectivity index (χ4n) is 4.48. The number of aromatic amines is 2. The van der Waals surface area contributed by atoms with Gasteiger partial charge in [-0.25, -0.2) is 0 Å². The van der Waals surface area contributed by atoms with E-state index >= 15 is 0 Å². The Morgan fingerprint density at radius 3 is 1.80 bits per heavy atom. The molecule has 3 aromatic carbocycles. The van der Waals surface area contributed by atoms with Crippen LogP contribution in [-0.4, -0.2) is 14.9 Å². The maximum atomic E-state index is 11.5. The summed E-state index contributed by atoms with van der Waals surface area (Å²) in [5.41, 5.74) is 7.51. The van der Waals surface area contributed by atoms with Crippen molar-refractivity contribution in [1.82, 2.24) is 9.97 Å². The Bertz CT molecular complexity index is 1330. The SMILES string of the molecule is Cc1c(C(c2cccc([N+](=O)[O-])c2)c2[nH]c3ccccc3c2C)[nH]c2ccccc12. The van der Waals surface area contributed by atoms with Crippen molar-refractivity contribution in [2.75, 3.05) is 0 Å². The Hall–Kier alpha value is -3.86. The molecule has 0 bridgehead atoms. The van der Waals surface area contributed by atoms with Crippen LogP contribution in [0, 0.1) is 24.0 Å². The number of benzene rings is 3. The Morgan fingerprint density at radius 1 is 0.767 bits per heavy atom. The predicted molar refractivity (Wildman–Crippen MR) is 120 cm³/mol. The molecule has 0 aliphatic rings. The molecule has 0 fully saturated rings. The van der Waals surface area contributed by atoms with Crippen LogP contribution in [0.4, 0.5) is 5.69 Å². The van der Waals surface area contributed by atoms with E-state index in [2.05, 4.69) is 48.1 Å². The summed E-state index contributed by atoms with van der Waals surface area (Å²) in [5.74, 6) is -0.176. The monoisotopic (exact) mass is 395 g/mol. The minimum atomic E-state index is -0.337. The van der Waals surface area contributed by atoms with Crippen LogP contribution >= 0.6 is 0 Å². The number of H-pyrrole nitrogens is 2. The number of fused-ring (bicyclic) bond motifs is 2. The third-order valence-electron chi connectivity index (χ3n) is 6.00. The molecule has 0 atom stereocenters. The van der Waals surface area contributed by atoms with Gasteiger partial charge in [0.2, 0.25) is 0 Å². The number of nitrogens with zero attached hydrogens (tertiary/aromatic N) is 1. The maximum absolute atomic E-state index is 11.5. The van der Waals surface area contributed by atoms with Crippen molar-refractivity contribution in [2.24, 2.45) is 0 Å². The number of nitro benzene ring substituents is 1. The number of nitrogens with one attached hydrogen (secondary N) is 2. The van der Waals surface area contributed by atoms with Crippen LogP contribution in [0.25, 0.3) is 21.8 Å². The van der Waals surface area contributed by atoms with Crippen LogP contribution in [0.1, 0.15) is 34.0 Å². The quantitative estimate of drug-likeness (QED) is 0.275. The predicted octanol–water partition coefficient (Wildman–Crippen LogP) is 6.35. The second kappa shape index (κ2) is 6.88. The molecule has 0 aliphatic carbocycles. The zero-order valence-corrected chi connectivity index (χ0v) is 16.8. The molecule has 5 aromatic rings. The Balaban J connectivity index is 1.81. The highest BCUT2D eigenvalue weighted by molar-refractivity contribution is 5.87. The number of rotatable bonds is 4. The summed E-state index contributed by atoms with van der Waals surface area (Å²) in [6.45, 7) is 4.22. The van der Waals surface area contributed by atoms with Gasteiger partial charge in [0.1, 0.15) is 0 Å². The molecule has 30 heavy (non-hydrogen) atoms. The van der Waals surface area contributed by atoms with Crippen LogP contribution in [0.2, 0.25) is 0 Å². The van der Waals surface area contributed by atoms with E-state index < -0.39 is 0 Å². The molecule has 5 rings (SSSR count). The molecule has 2 heterocycles. The van der Waals surface area contributed by atoms with Crippen molar-refractivity contribution in [3.05, 3.63) is 111 Å². The van der Waals surface area contributed by atoms with Gasteiger partial charge < -0.3 is 9.97 Å². The zero-order chi connectivity index (χ0) is 20.8. The number of hydrogen-bond acceptors (Lipinski definition) is 2. The first-order chi connectivity index (χ1) is 14.5. The number of nitro groups is 1. The minimum absolute atomic E-state index is 0.0972. The zero-order valence-electron chi connectivity index (χ0n) is 16.8. The van der Waals surface area contributed by atoms with Crippen LogP contribution in [0.15, 0.2) is 72.8 Å². The lowest BCUT2D eigenvalue weighted by Crippen LogP contribution is -2.08. The molecule has 0 saturated carbocycles. The van der Waals surface area contributed by atoms with Crippen LogP contribution < -0.4 is 0 Å². The smallest absolute Gasteiger partial charge is 0.269 e. The molecule has 0 aliphatic heterocycles. The van der Waals surface area contributed by atoms with Crippen molar-refractivity contribution in [1.29, 1.82) is 0 Å². The average molecular weight is 395 g/mol. The second-order valence-corrected chi connectivity index (χ2v) is 7.70. The molecular weight excluding hydrogens is 374 g/mol. The van der Waals surface area contributed by atoms with Crippen molar-refractivity contribution < 1.29 is 4.92 Å². The lowest BCUT2D eigenvalue weighted by Gasteiger charge is -2.18. The highest BCUT2D eigenvalue weighted by Crippen LogP contribution is 2.39. The molecule has 0 unspecified atom stereocenters. The second-order valence-electron chi connectivity index (χ2n) is 7.70. The van der Waals surface area contributed by atoms with E-state index in [1.807, 2.05) is 30.3 Å². The largest absolute Gasteiger partial charge is 0.357 e. The fourth-order valence-corrected chi connectivity index (χ4v) is 4.48. The molecule has 0 amide bonds. The molecule has 2 aromatic heterocycles. The van der Waals surface area contributed by atoms with Gasteiger partial charge in [0.05, 0.1) is 10.8 Å². The summed E-state index contributed by atoms with van der Waals surface area (Å²) in [4.78, 5) is 18.3. The third kappa shape index (κ3) is 2.78. The summed E-state index contributed by atoms with van der Waals surface area (Å²) in [7, 11) is 0. The van der Waals surface area contributed by atoms with Crippen molar-refractivity contribution in [2.45, 2.75) is 19.8 Å². The van der Waals surface area contributed by atoms with Gasteiger partial charge in [-0.05, 0) is 42.7 Å². The Labute approximate surface area is 173 Å². The standard InChI is InChI=1S/C25H21N3O2/c1-15-19-10-3-5-12-21(19)26-24(15)23(17-8-7-9-18(14-17)28(29)30)25-16(2)20-11-4-6-13-22(20)27-25/h3-14,23,26-27H,1-2H3. The average Bonchev–Trinajstić information content (AvgIpc) is 3.27. The van der Waals surface area contributed by atoms with E-state index in [0.717, 1.165) is 49.9 Å². The highest BCUT2D eigenvalue weighted by Gasteiger charge is 2.26. The van der Waals surface area contributed by atoms with Gasteiger partial charge in [0.25, 0.3) is 5.69 Å². The van der Waals surface area contributed by atoms with Crippen molar-refractivity contribution >= 4 is 27.5 Å². The number of para-hydroxylation sites is 2. The van der Waals surface area contributed by atoms with E-state index in [1.165, 1.54) is 6.07 Å². The molecule has 5 heteroatoms. The molecular formula is C25H21N3O2. The molecule has 0 saturated heterocycles. The van der Waals surface area contributed by atoms with Crippen LogP contribution in [0.5, 0.6) is 0 Å². The van der Waals surface area contributed by atoms with E-state index in [9.17, 15) is 10.1 Å². The molecule has 0 radical (unpaired) electrons. The van der Waals surface area contributed by atoms with Gasteiger partial charge >= 0.3 is 0 Å². The fraction of sp³-hybridized carbons (Fsp3) is 0.120. The van der Waals surface area contributed by atoms with E-state index in [1.54, 1.807) is 12.1 Å². The van der Waals surface area contributed by atoms with Gasteiger partial charge in [-0.2, -0.15) is 0 Å². The maximum Gasteiger partial charge on any atom is 0.269 e. The Morgan fingerprint density at radius 2 is 1.30 bits per heavy atom. The summed E-state index contributed by atoms with van der Waals surface area (Å²) in [6.07, 6.45) is 0. The topological polar surface area (TPSA) is 74.7 Å². The van der Waals surface area contributed by atoms with Crippen LogP contribution in [-0.2, 0) is 0 Å². The van der Waals surface area contributed by atoms with Crippen molar-refractivity contribution in [3.8, 4) is 0 Å². The van der Waals surface area contributed by atoms with E-state index in [4.69, 9.17) is 0 Å². The summed E-state index contributed by atoms with van der Waals surface area (Å²) in [5, 5.41) is 13.8. The van der Waals surface area contributed by atoms with Crippen molar-refractivity contribution in [3.63, 3.8) is 0 Å². The molecule has 0 spiro atoms. The number of aryl methyl sites for hydroxylation is 2. The van der Waals surface area contributed by atoms with Gasteiger partial charge in [0.15, 0.2) is 0 Å². The molecule has 5 nitrogen and oxygen atoms in total. The highest BCUT2D eigenvalue weighted by atomic mass is 16.6. The third-order valence-corrected chi connectivity index (χ3v) is 6.00. The summed E-state index contributed by atoms with van der Waals surface area (Å²) in [6, 6.07) is 23.4. The van der Waals surface area contributed by atoms with Crippen LogP contribution in [0.3, 0.4) is 0 Å².